The Morgan fingerprint density at radius 1 is 1.11 bits per heavy atom. The van der Waals surface area contributed by atoms with Gasteiger partial charge in [0, 0.05) is 43.5 Å². The molecule has 1 aromatic heterocycles. The van der Waals surface area contributed by atoms with Crippen LogP contribution in [-0.2, 0) is 0 Å². The Kier molecular flexibility index (Phi) is 10.2. The van der Waals surface area contributed by atoms with Crippen LogP contribution < -0.4 is 5.32 Å². The number of pyridine rings is 1. The number of hydrogen-bond acceptors (Lipinski definition) is 3. The largest absolute Gasteiger partial charge is 0.388 e. The van der Waals surface area contributed by atoms with E-state index in [1.54, 1.807) is 12.4 Å². The van der Waals surface area contributed by atoms with Crippen LogP contribution in [0.3, 0.4) is 0 Å². The Balaban J connectivity index is 0.000000241. The highest BCUT2D eigenvalue weighted by Gasteiger charge is 2.11. The van der Waals surface area contributed by atoms with Crippen LogP contribution in [0.4, 0.5) is 5.69 Å². The first-order valence-electron chi connectivity index (χ1n) is 9.15. The fraction of sp³-hybridized carbons (Fsp3) is 0.250. The number of rotatable bonds is 3. The predicted molar refractivity (Wildman–Crippen MR) is 120 cm³/mol. The normalized spacial score (nSPS) is 12.2. The molecule has 3 nitrogen and oxygen atoms in total. The summed E-state index contributed by atoms with van der Waals surface area (Å²) in [6, 6.07) is 12.3. The van der Waals surface area contributed by atoms with Gasteiger partial charge in [-0.2, -0.15) is 0 Å². The van der Waals surface area contributed by atoms with E-state index in [1.807, 2.05) is 70.4 Å². The zero-order valence-electron chi connectivity index (χ0n) is 17.2. The van der Waals surface area contributed by atoms with Crippen molar-refractivity contribution < 1.29 is 0 Å². The van der Waals surface area contributed by atoms with Gasteiger partial charge in [0.05, 0.1) is 0 Å². The number of nitrogens with one attached hydrogen (secondary N) is 1. The Morgan fingerprint density at radius 2 is 1.78 bits per heavy atom. The number of allylic oxidation sites excluding steroid dienone is 4. The minimum Gasteiger partial charge on any atom is -0.388 e. The van der Waals surface area contributed by atoms with Gasteiger partial charge in [-0.15, -0.1) is 0 Å². The molecule has 0 atom stereocenters. The highest BCUT2D eigenvalue weighted by Crippen LogP contribution is 2.24. The van der Waals surface area contributed by atoms with Gasteiger partial charge in [-0.25, -0.2) is 0 Å². The summed E-state index contributed by atoms with van der Waals surface area (Å²) in [7, 11) is 1.93. The molecule has 1 aliphatic heterocycles. The molecule has 0 amide bonds. The van der Waals surface area contributed by atoms with Crippen LogP contribution in [0.1, 0.15) is 38.3 Å². The molecule has 142 valence electrons. The minimum absolute atomic E-state index is 0.888. The molecular weight excluding hydrogens is 330 g/mol. The van der Waals surface area contributed by atoms with E-state index in [2.05, 4.69) is 40.9 Å². The van der Waals surface area contributed by atoms with Gasteiger partial charge in [-0.05, 0) is 74.2 Å². The van der Waals surface area contributed by atoms with Crippen LogP contribution in [0.25, 0.3) is 5.57 Å². The van der Waals surface area contributed by atoms with Crippen molar-refractivity contribution in [1.82, 2.24) is 4.98 Å². The van der Waals surface area contributed by atoms with Crippen molar-refractivity contribution >= 4 is 17.0 Å². The van der Waals surface area contributed by atoms with Gasteiger partial charge in [0.1, 0.15) is 0 Å². The summed E-state index contributed by atoms with van der Waals surface area (Å²) in [6.45, 7) is 12.0. The molecule has 0 aliphatic carbocycles. The molecule has 1 N–H and O–H groups in total. The predicted octanol–water partition coefficient (Wildman–Crippen LogP) is 6.46. The summed E-state index contributed by atoms with van der Waals surface area (Å²) in [5.74, 6) is 0. The first-order valence-corrected chi connectivity index (χ1v) is 9.15. The second-order valence-corrected chi connectivity index (χ2v) is 6.21. The van der Waals surface area contributed by atoms with Crippen LogP contribution in [0, 0.1) is 6.92 Å². The lowest BCUT2D eigenvalue weighted by atomic mass is 10.0. The van der Waals surface area contributed by atoms with E-state index in [1.165, 1.54) is 22.4 Å². The zero-order chi connectivity index (χ0) is 20.1. The van der Waals surface area contributed by atoms with Gasteiger partial charge in [0.2, 0.25) is 0 Å². The van der Waals surface area contributed by atoms with Gasteiger partial charge in [-0.1, -0.05) is 30.9 Å². The molecule has 0 spiro atoms. The van der Waals surface area contributed by atoms with Crippen molar-refractivity contribution in [3.05, 3.63) is 90.4 Å². The third kappa shape index (κ3) is 8.32. The summed E-state index contributed by atoms with van der Waals surface area (Å²) in [4.78, 5) is 8.32. The number of anilines is 1. The zero-order valence-corrected chi connectivity index (χ0v) is 17.2. The summed E-state index contributed by atoms with van der Waals surface area (Å²) < 4.78 is 0. The van der Waals surface area contributed by atoms with Gasteiger partial charge < -0.3 is 5.32 Å². The Labute approximate surface area is 164 Å². The third-order valence-corrected chi connectivity index (χ3v) is 3.92. The van der Waals surface area contributed by atoms with E-state index in [9.17, 15) is 0 Å². The molecule has 1 aromatic carbocycles. The molecule has 27 heavy (non-hydrogen) atoms. The van der Waals surface area contributed by atoms with Crippen molar-refractivity contribution in [1.29, 1.82) is 0 Å². The van der Waals surface area contributed by atoms with Crippen molar-refractivity contribution in [2.45, 2.75) is 34.1 Å². The highest BCUT2D eigenvalue weighted by molar-refractivity contribution is 6.08. The first kappa shape index (κ1) is 22.1. The topological polar surface area (TPSA) is 37.3 Å². The van der Waals surface area contributed by atoms with Crippen molar-refractivity contribution in [3.8, 4) is 0 Å². The van der Waals surface area contributed by atoms with E-state index in [0.29, 0.717) is 0 Å². The van der Waals surface area contributed by atoms with Crippen molar-refractivity contribution in [2.24, 2.45) is 4.99 Å². The summed E-state index contributed by atoms with van der Waals surface area (Å²) in [6.07, 6.45) is 10.4. The average molecular weight is 362 g/mol. The number of aryl methyl sites for hydroxylation is 1. The van der Waals surface area contributed by atoms with Crippen LogP contribution in [-0.4, -0.2) is 17.7 Å². The second kappa shape index (κ2) is 12.4. The molecule has 2 heterocycles. The highest BCUT2D eigenvalue weighted by atomic mass is 14.8. The average Bonchev–Trinajstić information content (AvgIpc) is 3.20. The molecule has 3 rings (SSSR count). The Bertz CT molecular complexity index is 795. The molecular formula is C24H31N3. The smallest absolute Gasteiger partial charge is 0.0471 e. The van der Waals surface area contributed by atoms with Gasteiger partial charge >= 0.3 is 0 Å². The van der Waals surface area contributed by atoms with E-state index in [4.69, 9.17) is 0 Å². The molecule has 0 saturated heterocycles. The number of aromatic nitrogens is 1. The van der Waals surface area contributed by atoms with Crippen LogP contribution in [0.2, 0.25) is 0 Å². The minimum atomic E-state index is 0.888. The maximum absolute atomic E-state index is 4.33. The fourth-order valence-electron chi connectivity index (χ4n) is 2.23. The summed E-state index contributed by atoms with van der Waals surface area (Å²) in [5, 5.41) is 3.07. The molecule has 3 heteroatoms. The maximum Gasteiger partial charge on any atom is 0.0471 e. The fourth-order valence-corrected chi connectivity index (χ4v) is 2.23. The molecule has 1 aliphatic rings. The second-order valence-electron chi connectivity index (χ2n) is 6.21. The van der Waals surface area contributed by atoms with Gasteiger partial charge in [-0.3, -0.25) is 9.98 Å². The van der Waals surface area contributed by atoms with E-state index in [-0.39, 0.29) is 0 Å². The lowest BCUT2D eigenvalue weighted by molar-refractivity contribution is 1.31. The monoisotopic (exact) mass is 361 g/mol. The maximum atomic E-state index is 4.33. The van der Waals surface area contributed by atoms with Crippen molar-refractivity contribution in [3.63, 3.8) is 0 Å². The number of hydrogen-bond donors (Lipinski definition) is 1. The van der Waals surface area contributed by atoms with Gasteiger partial charge in [0.25, 0.3) is 0 Å². The number of aliphatic imine (C=N–C) groups is 1. The SMILES string of the molecule is C/C=C\C.C=C(C)C1=NC=C(c2ccncc2)C1.CNc1cccc(C)c1. The standard InChI is InChI=1S/C12H12N2.C8H11N.C4H8/c1-9(2)12-7-11(8-14-12)10-3-5-13-6-4-10;1-7-4-3-5-8(6-7)9-2;1-3-4-2/h3-6,8H,1,7H2,2H3;3-6,9H,1-2H3;3-4H,1-2H3/b;;4-3-. The number of benzene rings is 1. The molecule has 0 fully saturated rings. The molecule has 2 aromatic rings. The third-order valence-electron chi connectivity index (χ3n) is 3.92. The lowest BCUT2D eigenvalue weighted by Gasteiger charge is -2.02. The molecule has 0 unspecified atom stereocenters. The van der Waals surface area contributed by atoms with Crippen molar-refractivity contribution in [2.75, 3.05) is 12.4 Å². The summed E-state index contributed by atoms with van der Waals surface area (Å²) >= 11 is 0. The van der Waals surface area contributed by atoms with E-state index in [0.717, 1.165) is 17.7 Å². The van der Waals surface area contributed by atoms with Crippen LogP contribution in [0.15, 0.2) is 84.3 Å². The molecule has 0 radical (unpaired) electrons. The Hall–Kier alpha value is -2.94. The quantitative estimate of drug-likeness (QED) is 0.637. The van der Waals surface area contributed by atoms with E-state index >= 15 is 0 Å². The molecule has 0 bridgehead atoms. The number of nitrogens with zero attached hydrogens (tertiary/aromatic N) is 2. The van der Waals surface area contributed by atoms with Gasteiger partial charge in [0.15, 0.2) is 0 Å². The van der Waals surface area contributed by atoms with Crippen LogP contribution in [0.5, 0.6) is 0 Å². The van der Waals surface area contributed by atoms with Crippen LogP contribution >= 0.6 is 0 Å². The first-order chi connectivity index (χ1) is 13.0. The summed E-state index contributed by atoms with van der Waals surface area (Å²) in [5.41, 5.74) is 7.03. The molecule has 0 saturated carbocycles. The lowest BCUT2D eigenvalue weighted by Crippen LogP contribution is -1.95. The van der Waals surface area contributed by atoms with E-state index < -0.39 is 0 Å². The Morgan fingerprint density at radius 3 is 2.22 bits per heavy atom.